The molecule has 17 heavy (non-hydrogen) atoms. The van der Waals surface area contributed by atoms with Gasteiger partial charge in [-0.3, -0.25) is 4.79 Å². The van der Waals surface area contributed by atoms with Gasteiger partial charge < -0.3 is 4.74 Å². The lowest BCUT2D eigenvalue weighted by Crippen LogP contribution is -2.48. The van der Waals surface area contributed by atoms with E-state index in [9.17, 15) is 4.79 Å². The summed E-state index contributed by atoms with van der Waals surface area (Å²) in [4.78, 5) is 12.0. The monoisotopic (exact) mass is 230 g/mol. The van der Waals surface area contributed by atoms with Gasteiger partial charge in [-0.15, -0.1) is 0 Å². The Labute approximate surface area is 102 Å². The topological polar surface area (TPSA) is 26.3 Å². The Morgan fingerprint density at radius 2 is 2.06 bits per heavy atom. The minimum atomic E-state index is -0.122. The van der Waals surface area contributed by atoms with Gasteiger partial charge >= 0.3 is 5.97 Å². The highest BCUT2D eigenvalue weighted by atomic mass is 16.5. The average Bonchev–Trinajstić information content (AvgIpc) is 2.33. The van der Waals surface area contributed by atoms with Crippen LogP contribution in [0.4, 0.5) is 0 Å². The van der Waals surface area contributed by atoms with E-state index in [4.69, 9.17) is 4.74 Å². The number of fused-ring (bicyclic) bond motifs is 1. The highest BCUT2D eigenvalue weighted by Gasteiger charge is 2.51. The van der Waals surface area contributed by atoms with Crippen LogP contribution in [-0.2, 0) is 9.53 Å². The van der Waals surface area contributed by atoms with Crippen LogP contribution >= 0.6 is 0 Å². The van der Waals surface area contributed by atoms with Crippen molar-refractivity contribution in [3.05, 3.63) is 35.9 Å². The summed E-state index contributed by atoms with van der Waals surface area (Å²) in [6.07, 6.45) is 3.49. The summed E-state index contributed by atoms with van der Waals surface area (Å²) >= 11 is 0. The van der Waals surface area contributed by atoms with E-state index < -0.39 is 0 Å². The van der Waals surface area contributed by atoms with E-state index in [1.54, 1.807) is 0 Å². The van der Waals surface area contributed by atoms with E-state index in [0.29, 0.717) is 5.92 Å². The van der Waals surface area contributed by atoms with E-state index in [1.807, 2.05) is 37.3 Å². The van der Waals surface area contributed by atoms with Crippen LogP contribution in [0.5, 0.6) is 0 Å². The lowest BCUT2D eigenvalue weighted by Gasteiger charge is -2.51. The molecule has 2 heteroatoms. The SMILES string of the molecule is C[C@@H](OC(=O)C1CC2CC[C@@H]21)c1ccccc1. The number of rotatable bonds is 3. The zero-order valence-electron chi connectivity index (χ0n) is 10.1. The molecule has 2 aliphatic rings. The molecule has 3 rings (SSSR count). The molecule has 2 fully saturated rings. The Kier molecular flexibility index (Phi) is 2.65. The van der Waals surface area contributed by atoms with Crippen LogP contribution in [-0.4, -0.2) is 5.97 Å². The van der Waals surface area contributed by atoms with Gasteiger partial charge in [-0.05, 0) is 43.6 Å². The second-order valence-electron chi connectivity index (χ2n) is 5.33. The van der Waals surface area contributed by atoms with Crippen molar-refractivity contribution in [1.82, 2.24) is 0 Å². The van der Waals surface area contributed by atoms with Crippen molar-refractivity contribution in [3.8, 4) is 0 Å². The maximum Gasteiger partial charge on any atom is 0.309 e. The van der Waals surface area contributed by atoms with E-state index in [0.717, 1.165) is 17.9 Å². The van der Waals surface area contributed by atoms with Gasteiger partial charge in [0.25, 0.3) is 0 Å². The van der Waals surface area contributed by atoms with E-state index in [-0.39, 0.29) is 18.0 Å². The van der Waals surface area contributed by atoms with E-state index in [2.05, 4.69) is 0 Å². The smallest absolute Gasteiger partial charge is 0.309 e. The third-order valence-corrected chi connectivity index (χ3v) is 4.41. The van der Waals surface area contributed by atoms with Crippen molar-refractivity contribution in [2.24, 2.45) is 17.8 Å². The zero-order chi connectivity index (χ0) is 11.8. The first-order valence-electron chi connectivity index (χ1n) is 6.51. The van der Waals surface area contributed by atoms with Crippen LogP contribution in [0.1, 0.15) is 37.9 Å². The molecule has 0 N–H and O–H groups in total. The largest absolute Gasteiger partial charge is 0.458 e. The highest BCUT2D eigenvalue weighted by molar-refractivity contribution is 5.74. The predicted molar refractivity (Wildman–Crippen MR) is 65.3 cm³/mol. The molecule has 0 radical (unpaired) electrons. The second kappa shape index (κ2) is 4.17. The van der Waals surface area contributed by atoms with Crippen LogP contribution in [0.3, 0.4) is 0 Å². The van der Waals surface area contributed by atoms with Gasteiger partial charge in [-0.1, -0.05) is 30.3 Å². The van der Waals surface area contributed by atoms with E-state index in [1.165, 1.54) is 12.8 Å². The fourth-order valence-corrected chi connectivity index (χ4v) is 3.05. The van der Waals surface area contributed by atoms with Gasteiger partial charge in [0.05, 0.1) is 5.92 Å². The van der Waals surface area contributed by atoms with Crippen LogP contribution in [0.2, 0.25) is 0 Å². The first-order valence-corrected chi connectivity index (χ1v) is 6.51. The first-order chi connectivity index (χ1) is 8.25. The van der Waals surface area contributed by atoms with Crippen LogP contribution in [0, 0.1) is 17.8 Å². The van der Waals surface area contributed by atoms with Crippen LogP contribution in [0.15, 0.2) is 30.3 Å². The summed E-state index contributed by atoms with van der Waals surface area (Å²) in [7, 11) is 0. The lowest BCUT2D eigenvalue weighted by molar-refractivity contribution is -0.169. The molecule has 2 saturated carbocycles. The molecule has 1 aromatic rings. The minimum Gasteiger partial charge on any atom is -0.458 e. The first kappa shape index (κ1) is 10.8. The molecule has 0 bridgehead atoms. The molecule has 0 spiro atoms. The number of hydrogen-bond acceptors (Lipinski definition) is 2. The Balaban J connectivity index is 1.58. The fraction of sp³-hybridized carbons (Fsp3) is 0.533. The summed E-state index contributed by atoms with van der Waals surface area (Å²) in [5.74, 6) is 1.69. The van der Waals surface area contributed by atoms with Gasteiger partial charge in [-0.2, -0.15) is 0 Å². The summed E-state index contributed by atoms with van der Waals surface area (Å²) in [5, 5.41) is 0. The Hall–Kier alpha value is -1.31. The van der Waals surface area contributed by atoms with Crippen molar-refractivity contribution in [2.75, 3.05) is 0 Å². The normalized spacial score (nSPS) is 31.7. The molecule has 1 aromatic carbocycles. The molecule has 4 atom stereocenters. The molecule has 90 valence electrons. The maximum atomic E-state index is 12.0. The molecule has 0 amide bonds. The third-order valence-electron chi connectivity index (χ3n) is 4.41. The van der Waals surface area contributed by atoms with Gasteiger partial charge in [0.1, 0.15) is 6.10 Å². The quantitative estimate of drug-likeness (QED) is 0.744. The van der Waals surface area contributed by atoms with Crippen molar-refractivity contribution in [2.45, 2.75) is 32.3 Å². The molecular weight excluding hydrogens is 212 g/mol. The van der Waals surface area contributed by atoms with Crippen molar-refractivity contribution in [1.29, 1.82) is 0 Å². The molecule has 2 unspecified atom stereocenters. The van der Waals surface area contributed by atoms with Gasteiger partial charge in [-0.25, -0.2) is 0 Å². The molecule has 0 heterocycles. The summed E-state index contributed by atoms with van der Waals surface area (Å²) in [5.41, 5.74) is 1.07. The Morgan fingerprint density at radius 3 is 2.59 bits per heavy atom. The van der Waals surface area contributed by atoms with Crippen molar-refractivity contribution >= 4 is 5.97 Å². The highest BCUT2D eigenvalue weighted by Crippen LogP contribution is 2.54. The van der Waals surface area contributed by atoms with Gasteiger partial charge in [0, 0.05) is 0 Å². The van der Waals surface area contributed by atoms with Gasteiger partial charge in [0.2, 0.25) is 0 Å². The molecular formula is C15H18O2. The Morgan fingerprint density at radius 1 is 1.29 bits per heavy atom. The molecule has 0 saturated heterocycles. The second-order valence-corrected chi connectivity index (χ2v) is 5.33. The summed E-state index contributed by atoms with van der Waals surface area (Å²) < 4.78 is 5.55. The molecule has 0 aromatic heterocycles. The number of hydrogen-bond donors (Lipinski definition) is 0. The number of esters is 1. The molecule has 0 aliphatic heterocycles. The van der Waals surface area contributed by atoms with Gasteiger partial charge in [0.15, 0.2) is 0 Å². The van der Waals surface area contributed by atoms with E-state index >= 15 is 0 Å². The standard InChI is InChI=1S/C15H18O2/c1-10(11-5-3-2-4-6-11)17-15(16)14-9-12-7-8-13(12)14/h2-6,10,12-14H,7-9H2,1H3/t10-,12?,13+,14?/m1/s1. The number of ether oxygens (including phenoxy) is 1. The summed E-state index contributed by atoms with van der Waals surface area (Å²) in [6, 6.07) is 9.94. The third kappa shape index (κ3) is 1.86. The summed E-state index contributed by atoms with van der Waals surface area (Å²) in [6.45, 7) is 1.95. The maximum absolute atomic E-state index is 12.0. The number of benzene rings is 1. The zero-order valence-corrected chi connectivity index (χ0v) is 10.1. The van der Waals surface area contributed by atoms with Crippen molar-refractivity contribution in [3.63, 3.8) is 0 Å². The average molecular weight is 230 g/mol. The number of carbonyl (C=O) groups excluding carboxylic acids is 1. The molecule has 2 aliphatic carbocycles. The minimum absolute atomic E-state index is 0.0160. The number of carbonyl (C=O) groups is 1. The fourth-order valence-electron chi connectivity index (χ4n) is 3.05. The lowest BCUT2D eigenvalue weighted by atomic mass is 9.53. The Bertz CT molecular complexity index is 412. The van der Waals surface area contributed by atoms with Crippen LogP contribution < -0.4 is 0 Å². The molecule has 2 nitrogen and oxygen atoms in total. The van der Waals surface area contributed by atoms with Crippen LogP contribution in [0.25, 0.3) is 0 Å². The predicted octanol–water partition coefficient (Wildman–Crippen LogP) is 3.34. The van der Waals surface area contributed by atoms with Crippen molar-refractivity contribution < 1.29 is 9.53 Å².